The van der Waals surface area contributed by atoms with Crippen LogP contribution in [0.25, 0.3) is 0 Å². The molecule has 0 unspecified atom stereocenters. The van der Waals surface area contributed by atoms with Gasteiger partial charge in [0.15, 0.2) is 11.5 Å². The average Bonchev–Trinajstić information content (AvgIpc) is 2.76. The predicted octanol–water partition coefficient (Wildman–Crippen LogP) is 3.34. The minimum Gasteiger partial charge on any atom is -0.490 e. The Balaban J connectivity index is 1.71. The van der Waals surface area contributed by atoms with Crippen LogP contribution < -0.4 is 14.9 Å². The number of ether oxygens (including phenoxy) is 2. The van der Waals surface area contributed by atoms with E-state index in [0.29, 0.717) is 29.2 Å². The van der Waals surface area contributed by atoms with Crippen LogP contribution in [0.4, 0.5) is 5.69 Å². The smallest absolute Gasteiger partial charge is 0.287 e. The molecule has 0 saturated heterocycles. The highest BCUT2D eigenvalue weighted by Crippen LogP contribution is 2.32. The molecule has 0 aliphatic heterocycles. The van der Waals surface area contributed by atoms with E-state index in [2.05, 4.69) is 20.5 Å². The van der Waals surface area contributed by atoms with Crippen molar-refractivity contribution in [3.63, 3.8) is 0 Å². The quantitative estimate of drug-likeness (QED) is 0.344. The first-order chi connectivity index (χ1) is 14.6. The van der Waals surface area contributed by atoms with Crippen molar-refractivity contribution >= 4 is 17.8 Å². The molecule has 3 rings (SSSR count). The highest BCUT2D eigenvalue weighted by atomic mass is 16.6. The van der Waals surface area contributed by atoms with E-state index in [-0.39, 0.29) is 17.5 Å². The molecule has 1 N–H and O–H groups in total. The number of nitrogens with one attached hydrogen (secondary N) is 1. The standard InChI is InChI=1S/C20H17N5O5/c1-2-29-18-10-14(11-23-24-20(26)15-4-3-9-21-12-15)5-7-17(18)30-19-8-6-16(13-22-19)25(27)28/h3-13H,2H2,1H3,(H,24,26)/b23-11-. The molecular weight excluding hydrogens is 390 g/mol. The lowest BCUT2D eigenvalue weighted by atomic mass is 10.2. The Morgan fingerprint density at radius 2 is 2.10 bits per heavy atom. The Morgan fingerprint density at radius 3 is 2.77 bits per heavy atom. The van der Waals surface area contributed by atoms with E-state index in [1.165, 1.54) is 24.5 Å². The number of hydrogen-bond donors (Lipinski definition) is 1. The Morgan fingerprint density at radius 1 is 1.23 bits per heavy atom. The van der Waals surface area contributed by atoms with Gasteiger partial charge in [-0.15, -0.1) is 0 Å². The molecule has 30 heavy (non-hydrogen) atoms. The van der Waals surface area contributed by atoms with Gasteiger partial charge in [-0.2, -0.15) is 5.10 Å². The Labute approximate surface area is 171 Å². The molecule has 3 aromatic rings. The minimum atomic E-state index is -0.538. The lowest BCUT2D eigenvalue weighted by Gasteiger charge is -2.11. The molecule has 152 valence electrons. The van der Waals surface area contributed by atoms with Crippen molar-refractivity contribution in [3.8, 4) is 17.4 Å². The third-order valence-corrected chi connectivity index (χ3v) is 3.72. The number of amides is 1. The van der Waals surface area contributed by atoms with Crippen molar-refractivity contribution in [3.05, 3.63) is 82.3 Å². The third kappa shape index (κ3) is 5.35. The van der Waals surface area contributed by atoms with Crippen molar-refractivity contribution in [2.75, 3.05) is 6.61 Å². The molecule has 0 fully saturated rings. The summed E-state index contributed by atoms with van der Waals surface area (Å²) in [5.41, 5.74) is 3.34. The second-order valence-electron chi connectivity index (χ2n) is 5.79. The number of rotatable bonds is 8. The second kappa shape index (κ2) is 9.73. The summed E-state index contributed by atoms with van der Waals surface area (Å²) in [7, 11) is 0. The van der Waals surface area contributed by atoms with Crippen LogP contribution in [-0.2, 0) is 0 Å². The van der Waals surface area contributed by atoms with Gasteiger partial charge in [-0.1, -0.05) is 0 Å². The van der Waals surface area contributed by atoms with Gasteiger partial charge in [0.25, 0.3) is 11.6 Å². The molecule has 0 spiro atoms. The zero-order valence-electron chi connectivity index (χ0n) is 15.9. The zero-order valence-corrected chi connectivity index (χ0v) is 15.9. The van der Waals surface area contributed by atoms with Crippen LogP contribution in [0.3, 0.4) is 0 Å². The van der Waals surface area contributed by atoms with Crippen LogP contribution in [0.1, 0.15) is 22.8 Å². The van der Waals surface area contributed by atoms with Gasteiger partial charge < -0.3 is 9.47 Å². The summed E-state index contributed by atoms with van der Waals surface area (Å²) in [6, 6.07) is 11.0. The molecular formula is C20H17N5O5. The SMILES string of the molecule is CCOc1cc(/C=N\NC(=O)c2cccnc2)ccc1Oc1ccc([N+](=O)[O-])cn1. The maximum atomic E-state index is 12.0. The number of benzene rings is 1. The summed E-state index contributed by atoms with van der Waals surface area (Å²) >= 11 is 0. The van der Waals surface area contributed by atoms with Gasteiger partial charge in [0.2, 0.25) is 5.88 Å². The number of carbonyl (C=O) groups is 1. The number of aromatic nitrogens is 2. The molecule has 1 aromatic carbocycles. The number of hydrazone groups is 1. The monoisotopic (exact) mass is 407 g/mol. The van der Waals surface area contributed by atoms with E-state index in [0.717, 1.165) is 6.20 Å². The van der Waals surface area contributed by atoms with Gasteiger partial charge in [-0.25, -0.2) is 10.4 Å². The van der Waals surface area contributed by atoms with Crippen LogP contribution in [0.15, 0.2) is 66.2 Å². The fraction of sp³-hybridized carbons (Fsp3) is 0.100. The first-order valence-corrected chi connectivity index (χ1v) is 8.85. The Hall–Kier alpha value is -4.34. The number of nitro groups is 1. The van der Waals surface area contributed by atoms with Crippen molar-refractivity contribution < 1.29 is 19.2 Å². The zero-order chi connectivity index (χ0) is 21.3. The number of hydrogen-bond acceptors (Lipinski definition) is 8. The summed E-state index contributed by atoms with van der Waals surface area (Å²) in [4.78, 5) is 29.9. The number of pyridine rings is 2. The van der Waals surface area contributed by atoms with Crippen LogP contribution in [-0.4, -0.2) is 33.6 Å². The Bertz CT molecular complexity index is 1050. The Kier molecular flexibility index (Phi) is 6.62. The molecule has 0 atom stereocenters. The van der Waals surface area contributed by atoms with Gasteiger partial charge in [0.05, 0.1) is 23.3 Å². The molecule has 2 aromatic heterocycles. The highest BCUT2D eigenvalue weighted by molar-refractivity contribution is 5.94. The first kappa shape index (κ1) is 20.4. The van der Waals surface area contributed by atoms with E-state index in [1.54, 1.807) is 36.5 Å². The fourth-order valence-electron chi connectivity index (χ4n) is 2.34. The van der Waals surface area contributed by atoms with Crippen LogP contribution >= 0.6 is 0 Å². The molecule has 1 amide bonds. The summed E-state index contributed by atoms with van der Waals surface area (Å²) < 4.78 is 11.3. The van der Waals surface area contributed by atoms with Crippen LogP contribution in [0, 0.1) is 10.1 Å². The van der Waals surface area contributed by atoms with E-state index in [9.17, 15) is 14.9 Å². The van der Waals surface area contributed by atoms with Crippen LogP contribution in [0.2, 0.25) is 0 Å². The fourth-order valence-corrected chi connectivity index (χ4v) is 2.34. The summed E-state index contributed by atoms with van der Waals surface area (Å²) in [5.74, 6) is 0.621. The van der Waals surface area contributed by atoms with E-state index in [1.807, 2.05) is 6.92 Å². The van der Waals surface area contributed by atoms with Gasteiger partial charge in [0, 0.05) is 24.5 Å². The maximum absolute atomic E-state index is 12.0. The molecule has 2 heterocycles. The molecule has 0 bridgehead atoms. The summed E-state index contributed by atoms with van der Waals surface area (Å²) in [6.45, 7) is 2.21. The molecule has 10 heteroatoms. The highest BCUT2D eigenvalue weighted by Gasteiger charge is 2.11. The number of carbonyl (C=O) groups excluding carboxylic acids is 1. The average molecular weight is 407 g/mol. The van der Waals surface area contributed by atoms with E-state index >= 15 is 0 Å². The van der Waals surface area contributed by atoms with Crippen molar-refractivity contribution in [1.29, 1.82) is 0 Å². The molecule has 0 aliphatic rings. The molecule has 0 aliphatic carbocycles. The third-order valence-electron chi connectivity index (χ3n) is 3.72. The second-order valence-corrected chi connectivity index (χ2v) is 5.79. The normalized spacial score (nSPS) is 10.6. The van der Waals surface area contributed by atoms with Gasteiger partial charge in [-0.3, -0.25) is 19.9 Å². The van der Waals surface area contributed by atoms with Gasteiger partial charge in [0.1, 0.15) is 6.20 Å². The molecule has 0 radical (unpaired) electrons. The van der Waals surface area contributed by atoms with Gasteiger partial charge in [-0.05, 0) is 42.8 Å². The van der Waals surface area contributed by atoms with Crippen molar-refractivity contribution in [1.82, 2.24) is 15.4 Å². The lowest BCUT2D eigenvalue weighted by molar-refractivity contribution is -0.385. The van der Waals surface area contributed by atoms with Crippen molar-refractivity contribution in [2.45, 2.75) is 6.92 Å². The summed E-state index contributed by atoms with van der Waals surface area (Å²) in [5, 5.41) is 14.7. The maximum Gasteiger partial charge on any atom is 0.287 e. The van der Waals surface area contributed by atoms with Crippen LogP contribution in [0.5, 0.6) is 17.4 Å². The lowest BCUT2D eigenvalue weighted by Crippen LogP contribution is -2.17. The molecule has 10 nitrogen and oxygen atoms in total. The van der Waals surface area contributed by atoms with Crippen molar-refractivity contribution in [2.24, 2.45) is 5.10 Å². The predicted molar refractivity (Wildman–Crippen MR) is 108 cm³/mol. The largest absolute Gasteiger partial charge is 0.490 e. The topological polar surface area (TPSA) is 129 Å². The number of nitrogens with zero attached hydrogens (tertiary/aromatic N) is 4. The minimum absolute atomic E-state index is 0.132. The molecule has 0 saturated carbocycles. The first-order valence-electron chi connectivity index (χ1n) is 8.85. The summed E-state index contributed by atoms with van der Waals surface area (Å²) in [6.07, 6.45) is 5.59. The van der Waals surface area contributed by atoms with Gasteiger partial charge >= 0.3 is 0 Å². The van der Waals surface area contributed by atoms with E-state index in [4.69, 9.17) is 9.47 Å². The van der Waals surface area contributed by atoms with E-state index < -0.39 is 4.92 Å².